The highest BCUT2D eigenvalue weighted by Gasteiger charge is 2.15. The van der Waals surface area contributed by atoms with Gasteiger partial charge in [-0.3, -0.25) is 4.79 Å². The van der Waals surface area contributed by atoms with E-state index in [1.54, 1.807) is 0 Å². The smallest absolute Gasteiger partial charge is 0.320 e. The van der Waals surface area contributed by atoms with Gasteiger partial charge in [-0.05, 0) is 12.8 Å². The van der Waals surface area contributed by atoms with Crippen molar-refractivity contribution >= 4 is 5.97 Å². The molecule has 0 aromatic heterocycles. The molecule has 0 saturated carbocycles. The molecule has 0 aromatic rings. The van der Waals surface area contributed by atoms with Crippen LogP contribution in [-0.2, 0) is 4.79 Å². The fourth-order valence-corrected chi connectivity index (χ4v) is 1.91. The second-order valence-electron chi connectivity index (χ2n) is 4.85. The van der Waals surface area contributed by atoms with E-state index in [0.29, 0.717) is 6.42 Å². The number of carboxylic acid groups (broad SMARTS) is 1. The van der Waals surface area contributed by atoms with Crippen LogP contribution in [0.25, 0.3) is 0 Å². The third kappa shape index (κ3) is 10.3. The largest absolute Gasteiger partial charge is 0.480 e. The van der Waals surface area contributed by atoms with Gasteiger partial charge in [-0.2, -0.15) is 0 Å². The van der Waals surface area contributed by atoms with Crippen molar-refractivity contribution in [1.82, 2.24) is 0 Å². The zero-order chi connectivity index (χ0) is 13.1. The van der Waals surface area contributed by atoms with Gasteiger partial charge in [0.1, 0.15) is 6.04 Å². The molecule has 0 bridgehead atoms. The highest BCUT2D eigenvalue weighted by molar-refractivity contribution is 5.73. The van der Waals surface area contributed by atoms with Crippen molar-refractivity contribution in [1.29, 1.82) is 0 Å². The van der Waals surface area contributed by atoms with Gasteiger partial charge >= 0.3 is 5.97 Å². The number of rotatable bonds is 11. The normalized spacial score (nSPS) is 14.5. The second-order valence-corrected chi connectivity index (χ2v) is 4.85. The lowest BCUT2D eigenvalue weighted by Crippen LogP contribution is -2.37. The molecule has 102 valence electrons. The quantitative estimate of drug-likeness (QED) is 0.486. The predicted octanol–water partition coefficient (Wildman–Crippen LogP) is 2.26. The van der Waals surface area contributed by atoms with Crippen LogP contribution in [0.5, 0.6) is 0 Å². The summed E-state index contributed by atoms with van der Waals surface area (Å²) in [4.78, 5) is 10.5. The van der Waals surface area contributed by atoms with Crippen LogP contribution in [0.4, 0.5) is 0 Å². The molecule has 0 radical (unpaired) electrons. The lowest BCUT2D eigenvalue weighted by molar-refractivity contribution is -0.138. The Bertz CT molecular complexity index is 198. The number of carboxylic acids is 1. The van der Waals surface area contributed by atoms with Gasteiger partial charge in [-0.1, -0.05) is 51.9 Å². The lowest BCUT2D eigenvalue weighted by atomic mass is 10.0. The van der Waals surface area contributed by atoms with E-state index in [0.717, 1.165) is 12.8 Å². The van der Waals surface area contributed by atoms with Crippen LogP contribution in [-0.4, -0.2) is 23.2 Å². The Morgan fingerprint density at radius 1 is 1.06 bits per heavy atom. The maximum Gasteiger partial charge on any atom is 0.320 e. The Morgan fingerprint density at radius 3 is 2.12 bits per heavy atom. The minimum Gasteiger partial charge on any atom is -0.480 e. The highest BCUT2D eigenvalue weighted by atomic mass is 16.4. The summed E-state index contributed by atoms with van der Waals surface area (Å²) >= 11 is 0. The van der Waals surface area contributed by atoms with Crippen LogP contribution >= 0.6 is 0 Å². The lowest BCUT2D eigenvalue weighted by Gasteiger charge is -2.13. The van der Waals surface area contributed by atoms with Crippen LogP contribution in [0.1, 0.15) is 64.7 Å². The predicted molar refractivity (Wildman–Crippen MR) is 70.8 cm³/mol. The van der Waals surface area contributed by atoms with E-state index in [4.69, 9.17) is 16.6 Å². The average Bonchev–Trinajstić information content (AvgIpc) is 2.27. The van der Waals surface area contributed by atoms with Crippen LogP contribution in [0.3, 0.4) is 0 Å². The maximum absolute atomic E-state index is 10.5. The zero-order valence-corrected chi connectivity index (χ0v) is 11.0. The first kappa shape index (κ1) is 16.4. The van der Waals surface area contributed by atoms with E-state index in [2.05, 4.69) is 6.92 Å². The third-order valence-electron chi connectivity index (χ3n) is 3.05. The molecule has 0 fully saturated rings. The highest BCUT2D eigenvalue weighted by Crippen LogP contribution is 2.10. The summed E-state index contributed by atoms with van der Waals surface area (Å²) in [6, 6.07) is -0.883. The Hall–Kier alpha value is -0.610. The van der Waals surface area contributed by atoms with E-state index < -0.39 is 12.0 Å². The molecule has 0 aliphatic carbocycles. The van der Waals surface area contributed by atoms with Crippen LogP contribution < -0.4 is 11.5 Å². The Morgan fingerprint density at radius 2 is 1.59 bits per heavy atom. The summed E-state index contributed by atoms with van der Waals surface area (Å²) in [6.45, 7) is 2.21. The third-order valence-corrected chi connectivity index (χ3v) is 3.05. The van der Waals surface area contributed by atoms with E-state index in [1.807, 2.05) is 0 Å². The van der Waals surface area contributed by atoms with Gasteiger partial charge in [0, 0.05) is 6.04 Å². The van der Waals surface area contributed by atoms with Gasteiger partial charge in [0.05, 0.1) is 0 Å². The molecule has 0 spiro atoms. The van der Waals surface area contributed by atoms with Crippen LogP contribution in [0.2, 0.25) is 0 Å². The van der Waals surface area contributed by atoms with Gasteiger partial charge in [-0.15, -0.1) is 0 Å². The molecule has 0 aliphatic rings. The number of nitrogens with two attached hydrogens (primary N) is 2. The molecule has 0 aromatic carbocycles. The maximum atomic E-state index is 10.5. The first-order chi connectivity index (χ1) is 8.07. The van der Waals surface area contributed by atoms with Crippen LogP contribution in [0.15, 0.2) is 0 Å². The Kier molecular flexibility index (Phi) is 10.2. The van der Waals surface area contributed by atoms with Crippen molar-refractivity contribution in [3.63, 3.8) is 0 Å². The number of aliphatic carboxylic acids is 1. The number of unbranched alkanes of at least 4 members (excludes halogenated alkanes) is 6. The molecule has 0 saturated heterocycles. The topological polar surface area (TPSA) is 89.3 Å². The SMILES string of the molecule is CCCCCCCCCC(N)CC(N)C(=O)O. The molecule has 4 heteroatoms. The van der Waals surface area contributed by atoms with Gasteiger partial charge in [0.2, 0.25) is 0 Å². The van der Waals surface area contributed by atoms with Gasteiger partial charge < -0.3 is 16.6 Å². The van der Waals surface area contributed by atoms with Crippen molar-refractivity contribution in [2.75, 3.05) is 0 Å². The summed E-state index contributed by atoms with van der Waals surface area (Å²) in [6.07, 6.45) is 10.0. The van der Waals surface area contributed by atoms with E-state index >= 15 is 0 Å². The fourth-order valence-electron chi connectivity index (χ4n) is 1.91. The fraction of sp³-hybridized carbons (Fsp3) is 0.923. The molecule has 0 aliphatic heterocycles. The molecule has 4 nitrogen and oxygen atoms in total. The number of hydrogen-bond donors (Lipinski definition) is 3. The van der Waals surface area contributed by atoms with Crippen molar-refractivity contribution in [2.45, 2.75) is 76.8 Å². The Labute approximate surface area is 105 Å². The average molecular weight is 244 g/mol. The second kappa shape index (κ2) is 10.5. The summed E-state index contributed by atoms with van der Waals surface area (Å²) in [5.74, 6) is -0.958. The van der Waals surface area contributed by atoms with Gasteiger partial charge in [-0.25, -0.2) is 0 Å². The van der Waals surface area contributed by atoms with Gasteiger partial charge in [0.25, 0.3) is 0 Å². The standard InChI is InChI=1S/C13H28N2O2/c1-2-3-4-5-6-7-8-9-11(14)10-12(15)13(16)17/h11-12H,2-10,14-15H2,1H3,(H,16,17). The molecule has 0 rings (SSSR count). The van der Waals surface area contributed by atoms with Crippen molar-refractivity contribution < 1.29 is 9.90 Å². The van der Waals surface area contributed by atoms with E-state index in [1.165, 1.54) is 38.5 Å². The van der Waals surface area contributed by atoms with Crippen LogP contribution in [0, 0.1) is 0 Å². The van der Waals surface area contributed by atoms with Crippen molar-refractivity contribution in [3.05, 3.63) is 0 Å². The minimum atomic E-state index is -0.958. The summed E-state index contributed by atoms with van der Waals surface area (Å²) in [5, 5.41) is 8.64. The summed E-state index contributed by atoms with van der Waals surface area (Å²) in [7, 11) is 0. The summed E-state index contributed by atoms with van der Waals surface area (Å²) < 4.78 is 0. The number of carbonyl (C=O) groups is 1. The molecule has 5 N–H and O–H groups in total. The first-order valence-electron chi connectivity index (χ1n) is 6.81. The molecule has 0 amide bonds. The molecular formula is C13H28N2O2. The minimum absolute atomic E-state index is 0.0725. The molecule has 2 atom stereocenters. The van der Waals surface area contributed by atoms with E-state index in [9.17, 15) is 4.79 Å². The molecule has 0 heterocycles. The zero-order valence-electron chi connectivity index (χ0n) is 11.0. The van der Waals surface area contributed by atoms with Crippen molar-refractivity contribution in [2.24, 2.45) is 11.5 Å². The molecular weight excluding hydrogens is 216 g/mol. The number of hydrogen-bond acceptors (Lipinski definition) is 3. The van der Waals surface area contributed by atoms with Gasteiger partial charge in [0.15, 0.2) is 0 Å². The molecule has 17 heavy (non-hydrogen) atoms. The van der Waals surface area contributed by atoms with E-state index in [-0.39, 0.29) is 6.04 Å². The first-order valence-corrected chi connectivity index (χ1v) is 6.81. The molecule has 2 unspecified atom stereocenters. The summed E-state index contributed by atoms with van der Waals surface area (Å²) in [5.41, 5.74) is 11.3. The van der Waals surface area contributed by atoms with Crippen molar-refractivity contribution in [3.8, 4) is 0 Å². The Balaban J connectivity index is 3.33. The monoisotopic (exact) mass is 244 g/mol.